The number of hydrogen-bond acceptors (Lipinski definition) is 6. The number of ether oxygens (including phenoxy) is 2. The number of piperidine rings is 1. The van der Waals surface area contributed by atoms with E-state index in [1.165, 1.54) is 0 Å². The van der Waals surface area contributed by atoms with Crippen molar-refractivity contribution in [3.05, 3.63) is 24.2 Å². The molecule has 0 unspecified atom stereocenters. The number of carbonyl (C=O) groups is 2. The Kier molecular flexibility index (Phi) is 8.18. The Labute approximate surface area is 184 Å². The third kappa shape index (κ3) is 6.23. The number of carboxylic acid groups (broad SMARTS) is 1. The van der Waals surface area contributed by atoms with Crippen LogP contribution in [0.4, 0.5) is 13.2 Å². The fourth-order valence-corrected chi connectivity index (χ4v) is 4.56. The number of rotatable bonds is 5. The molecular formula is C21H29F3N2O6. The van der Waals surface area contributed by atoms with E-state index >= 15 is 0 Å². The third-order valence-electron chi connectivity index (χ3n) is 6.25. The average Bonchev–Trinajstić information content (AvgIpc) is 3.42. The Hall–Kier alpha value is -2.11. The van der Waals surface area contributed by atoms with Gasteiger partial charge in [0.15, 0.2) is 0 Å². The van der Waals surface area contributed by atoms with Crippen LogP contribution in [-0.2, 0) is 25.6 Å². The van der Waals surface area contributed by atoms with E-state index in [4.69, 9.17) is 23.8 Å². The van der Waals surface area contributed by atoms with E-state index < -0.39 is 17.6 Å². The number of aliphatic carboxylic acids is 1. The van der Waals surface area contributed by atoms with Crippen LogP contribution in [0.25, 0.3) is 0 Å². The number of amides is 1. The second-order valence-electron chi connectivity index (χ2n) is 8.41. The number of furan rings is 1. The standard InChI is InChI=1S/C19H28N2O4.C2HF3O2/c22-18(20-12-16-2-1-8-24-16)19-6-11-25-17(19)3-7-21(14-19)13-15-4-9-23-10-5-15;3-2(4,5)1(6)7/h1-2,8,15,17H,3-7,9-14H2,(H,20,22);(H,6,7)/t17-,19-;/m1./s1. The molecule has 0 aromatic carbocycles. The van der Waals surface area contributed by atoms with Crippen LogP contribution in [-0.4, -0.2) is 73.6 Å². The number of nitrogens with zero attached hydrogens (tertiary/aromatic N) is 1. The van der Waals surface area contributed by atoms with Crippen molar-refractivity contribution < 1.29 is 41.8 Å². The molecule has 180 valence electrons. The van der Waals surface area contributed by atoms with E-state index in [2.05, 4.69) is 10.2 Å². The minimum absolute atomic E-state index is 0.0510. The van der Waals surface area contributed by atoms with E-state index in [1.54, 1.807) is 6.26 Å². The van der Waals surface area contributed by atoms with Crippen molar-refractivity contribution in [2.45, 2.75) is 44.5 Å². The molecule has 4 heterocycles. The second-order valence-corrected chi connectivity index (χ2v) is 8.41. The van der Waals surface area contributed by atoms with Crippen LogP contribution in [0.1, 0.15) is 31.4 Å². The lowest BCUT2D eigenvalue weighted by molar-refractivity contribution is -0.192. The summed E-state index contributed by atoms with van der Waals surface area (Å²) in [5.41, 5.74) is -0.407. The molecule has 0 bridgehead atoms. The monoisotopic (exact) mass is 462 g/mol. The molecule has 0 spiro atoms. The molecule has 0 radical (unpaired) electrons. The maximum absolute atomic E-state index is 13.1. The lowest BCUT2D eigenvalue weighted by atomic mass is 9.75. The van der Waals surface area contributed by atoms with Gasteiger partial charge >= 0.3 is 12.1 Å². The maximum Gasteiger partial charge on any atom is 0.490 e. The molecular weight excluding hydrogens is 433 g/mol. The van der Waals surface area contributed by atoms with Crippen LogP contribution in [0.3, 0.4) is 0 Å². The highest BCUT2D eigenvalue weighted by atomic mass is 19.4. The molecule has 8 nitrogen and oxygen atoms in total. The Morgan fingerprint density at radius 2 is 1.94 bits per heavy atom. The fourth-order valence-electron chi connectivity index (χ4n) is 4.56. The van der Waals surface area contributed by atoms with Crippen molar-refractivity contribution in [2.75, 3.05) is 39.5 Å². The van der Waals surface area contributed by atoms with Gasteiger partial charge in [-0.05, 0) is 43.7 Å². The first kappa shape index (κ1) is 24.5. The molecule has 3 fully saturated rings. The van der Waals surface area contributed by atoms with E-state index in [0.29, 0.717) is 19.1 Å². The summed E-state index contributed by atoms with van der Waals surface area (Å²) in [6, 6.07) is 3.73. The normalized spacial score (nSPS) is 26.7. The van der Waals surface area contributed by atoms with Gasteiger partial charge in [-0.3, -0.25) is 4.79 Å². The number of carbonyl (C=O) groups excluding carboxylic acids is 1. The summed E-state index contributed by atoms with van der Waals surface area (Å²) in [5.74, 6) is -1.17. The SMILES string of the molecule is O=C(NCc1ccco1)[C@@]12CCO[C@@H]1CCN(CC1CCOCC1)C2.O=C(O)C(F)(F)F. The largest absolute Gasteiger partial charge is 0.490 e. The Morgan fingerprint density at radius 3 is 2.56 bits per heavy atom. The van der Waals surface area contributed by atoms with Crippen LogP contribution in [0.15, 0.2) is 22.8 Å². The van der Waals surface area contributed by atoms with E-state index in [-0.39, 0.29) is 12.0 Å². The Balaban J connectivity index is 0.000000360. The van der Waals surface area contributed by atoms with Crippen molar-refractivity contribution in [3.8, 4) is 0 Å². The molecule has 2 N–H and O–H groups in total. The van der Waals surface area contributed by atoms with Crippen molar-refractivity contribution in [2.24, 2.45) is 11.3 Å². The van der Waals surface area contributed by atoms with E-state index in [0.717, 1.165) is 64.3 Å². The molecule has 0 saturated carbocycles. The molecule has 1 aromatic heterocycles. The van der Waals surface area contributed by atoms with Gasteiger partial charge in [0.2, 0.25) is 5.91 Å². The topological polar surface area (TPSA) is 101 Å². The summed E-state index contributed by atoms with van der Waals surface area (Å²) in [6.45, 7) is 5.78. The Morgan fingerprint density at radius 1 is 1.22 bits per heavy atom. The zero-order valence-corrected chi connectivity index (χ0v) is 17.7. The minimum atomic E-state index is -5.08. The first-order chi connectivity index (χ1) is 15.2. The lowest BCUT2D eigenvalue weighted by Crippen LogP contribution is -2.57. The molecule has 3 aliphatic heterocycles. The molecule has 0 aliphatic carbocycles. The van der Waals surface area contributed by atoms with Crippen molar-refractivity contribution in [3.63, 3.8) is 0 Å². The smallest absolute Gasteiger partial charge is 0.475 e. The maximum atomic E-state index is 13.1. The summed E-state index contributed by atoms with van der Waals surface area (Å²) in [5, 5.41) is 10.2. The number of alkyl halides is 3. The number of hydrogen-bond donors (Lipinski definition) is 2. The fraction of sp³-hybridized carbons (Fsp3) is 0.714. The lowest BCUT2D eigenvalue weighted by Gasteiger charge is -2.43. The number of halogens is 3. The number of nitrogens with one attached hydrogen (secondary N) is 1. The molecule has 3 saturated heterocycles. The van der Waals surface area contributed by atoms with Crippen LogP contribution in [0, 0.1) is 11.3 Å². The third-order valence-corrected chi connectivity index (χ3v) is 6.25. The molecule has 2 atom stereocenters. The summed E-state index contributed by atoms with van der Waals surface area (Å²) < 4.78 is 48.5. The molecule has 11 heteroatoms. The molecule has 32 heavy (non-hydrogen) atoms. The van der Waals surface area contributed by atoms with Crippen molar-refractivity contribution >= 4 is 11.9 Å². The van der Waals surface area contributed by atoms with Gasteiger partial charge in [0.05, 0.1) is 24.3 Å². The van der Waals surface area contributed by atoms with Gasteiger partial charge < -0.3 is 29.2 Å². The van der Waals surface area contributed by atoms with Gasteiger partial charge in [0.25, 0.3) is 0 Å². The number of fused-ring (bicyclic) bond motifs is 1. The van der Waals surface area contributed by atoms with Crippen molar-refractivity contribution in [1.29, 1.82) is 0 Å². The second kappa shape index (κ2) is 10.7. The van der Waals surface area contributed by atoms with Gasteiger partial charge in [-0.2, -0.15) is 13.2 Å². The highest BCUT2D eigenvalue weighted by Gasteiger charge is 2.53. The van der Waals surface area contributed by atoms with Gasteiger partial charge in [-0.25, -0.2) is 4.79 Å². The summed E-state index contributed by atoms with van der Waals surface area (Å²) >= 11 is 0. The zero-order valence-electron chi connectivity index (χ0n) is 17.7. The van der Waals surface area contributed by atoms with Crippen LogP contribution in [0.2, 0.25) is 0 Å². The Bertz CT molecular complexity index is 751. The molecule has 4 rings (SSSR count). The minimum Gasteiger partial charge on any atom is -0.475 e. The van der Waals surface area contributed by atoms with E-state index in [1.807, 2.05) is 12.1 Å². The highest BCUT2D eigenvalue weighted by Crippen LogP contribution is 2.41. The number of carboxylic acids is 1. The predicted molar refractivity (Wildman–Crippen MR) is 106 cm³/mol. The highest BCUT2D eigenvalue weighted by molar-refractivity contribution is 5.84. The quantitative estimate of drug-likeness (QED) is 0.693. The van der Waals surface area contributed by atoms with Crippen LogP contribution < -0.4 is 5.32 Å². The molecule has 3 aliphatic rings. The zero-order chi connectivity index (χ0) is 23.2. The molecule has 1 aromatic rings. The van der Waals surface area contributed by atoms with Crippen LogP contribution >= 0.6 is 0 Å². The van der Waals surface area contributed by atoms with Crippen molar-refractivity contribution in [1.82, 2.24) is 10.2 Å². The van der Waals surface area contributed by atoms with E-state index in [9.17, 15) is 18.0 Å². The molecule has 1 amide bonds. The summed E-state index contributed by atoms with van der Waals surface area (Å²) in [6.07, 6.45) is 0.623. The predicted octanol–water partition coefficient (Wildman–Crippen LogP) is 2.44. The average molecular weight is 462 g/mol. The van der Waals surface area contributed by atoms with Gasteiger partial charge in [0, 0.05) is 39.5 Å². The van der Waals surface area contributed by atoms with Gasteiger partial charge in [-0.1, -0.05) is 0 Å². The van der Waals surface area contributed by atoms with Crippen LogP contribution in [0.5, 0.6) is 0 Å². The summed E-state index contributed by atoms with van der Waals surface area (Å²) in [4.78, 5) is 24.4. The first-order valence-corrected chi connectivity index (χ1v) is 10.7. The number of likely N-dealkylation sites (tertiary alicyclic amines) is 1. The summed E-state index contributed by atoms with van der Waals surface area (Å²) in [7, 11) is 0. The van der Waals surface area contributed by atoms with Gasteiger partial charge in [-0.15, -0.1) is 0 Å². The first-order valence-electron chi connectivity index (χ1n) is 10.7. The van der Waals surface area contributed by atoms with Gasteiger partial charge in [0.1, 0.15) is 5.76 Å².